The molecule has 0 unspecified atom stereocenters. The number of hydrogen-bond donors (Lipinski definition) is 0. The van der Waals surface area contributed by atoms with Crippen LogP contribution in [0, 0.1) is 13.8 Å². The Morgan fingerprint density at radius 2 is 2.06 bits per heavy atom. The zero-order chi connectivity index (χ0) is 11.7. The van der Waals surface area contributed by atoms with Gasteiger partial charge in [-0.05, 0) is 13.8 Å². The molecule has 2 aromatic rings. The Balaban J connectivity index is 2.34. The van der Waals surface area contributed by atoms with Crippen molar-refractivity contribution in [2.24, 2.45) is 7.05 Å². The summed E-state index contributed by atoms with van der Waals surface area (Å²) in [4.78, 5) is 7.89. The van der Waals surface area contributed by atoms with E-state index in [9.17, 15) is 0 Å². The van der Waals surface area contributed by atoms with Crippen LogP contribution in [0.3, 0.4) is 0 Å². The molecule has 0 N–H and O–H groups in total. The van der Waals surface area contributed by atoms with Gasteiger partial charge in [-0.1, -0.05) is 11.6 Å². The van der Waals surface area contributed by atoms with Crippen molar-refractivity contribution in [1.29, 1.82) is 0 Å². The van der Waals surface area contributed by atoms with Crippen LogP contribution in [0.1, 0.15) is 11.3 Å². The topological polar surface area (TPSA) is 52.8 Å². The third kappa shape index (κ3) is 1.99. The first kappa shape index (κ1) is 10.9. The minimum Gasteiger partial charge on any atom is -0.421 e. The minimum absolute atomic E-state index is 0.392. The molecule has 0 aliphatic carbocycles. The first-order valence-electron chi connectivity index (χ1n) is 4.73. The van der Waals surface area contributed by atoms with Crippen LogP contribution >= 0.6 is 11.6 Å². The van der Waals surface area contributed by atoms with Crippen LogP contribution in [0.25, 0.3) is 0 Å². The largest absolute Gasteiger partial charge is 0.421 e. The van der Waals surface area contributed by atoms with Crippen molar-refractivity contribution in [2.45, 2.75) is 13.8 Å². The van der Waals surface area contributed by atoms with E-state index in [0.717, 1.165) is 5.69 Å². The molecule has 2 heterocycles. The van der Waals surface area contributed by atoms with Gasteiger partial charge in [-0.3, -0.25) is 0 Å². The third-order valence-corrected chi connectivity index (χ3v) is 2.52. The van der Waals surface area contributed by atoms with E-state index in [-0.39, 0.29) is 0 Å². The second kappa shape index (κ2) is 4.09. The zero-order valence-electron chi connectivity index (χ0n) is 9.23. The average Bonchev–Trinajstić information content (AvgIpc) is 2.53. The Morgan fingerprint density at radius 1 is 1.31 bits per heavy atom. The Labute approximate surface area is 98.0 Å². The van der Waals surface area contributed by atoms with Gasteiger partial charge in [0.25, 0.3) is 0 Å². The van der Waals surface area contributed by atoms with E-state index < -0.39 is 0 Å². The molecular formula is C10H11ClN4O. The van der Waals surface area contributed by atoms with Crippen LogP contribution in [-0.2, 0) is 7.05 Å². The van der Waals surface area contributed by atoms with Crippen LogP contribution in [0.5, 0.6) is 11.8 Å². The Bertz CT molecular complexity index is 524. The van der Waals surface area contributed by atoms with Gasteiger partial charge in [-0.25, -0.2) is 14.6 Å². The molecule has 0 fully saturated rings. The zero-order valence-corrected chi connectivity index (χ0v) is 9.99. The maximum atomic E-state index is 5.87. The van der Waals surface area contributed by atoms with Gasteiger partial charge in [-0.2, -0.15) is 5.10 Å². The van der Waals surface area contributed by atoms with Crippen LogP contribution in [0.2, 0.25) is 5.15 Å². The van der Waals surface area contributed by atoms with E-state index in [2.05, 4.69) is 15.1 Å². The van der Waals surface area contributed by atoms with Crippen molar-refractivity contribution < 1.29 is 4.74 Å². The molecule has 0 radical (unpaired) electrons. The molecule has 16 heavy (non-hydrogen) atoms. The van der Waals surface area contributed by atoms with E-state index in [1.54, 1.807) is 18.7 Å². The van der Waals surface area contributed by atoms with Crippen LogP contribution in [0.4, 0.5) is 0 Å². The summed E-state index contributed by atoms with van der Waals surface area (Å²) in [5.41, 5.74) is 1.60. The van der Waals surface area contributed by atoms with Crippen molar-refractivity contribution >= 4 is 11.6 Å². The predicted molar refractivity (Wildman–Crippen MR) is 59.8 cm³/mol. The van der Waals surface area contributed by atoms with Crippen LogP contribution < -0.4 is 4.74 Å². The van der Waals surface area contributed by atoms with Gasteiger partial charge < -0.3 is 4.74 Å². The highest BCUT2D eigenvalue weighted by atomic mass is 35.5. The van der Waals surface area contributed by atoms with E-state index in [4.69, 9.17) is 16.3 Å². The van der Waals surface area contributed by atoms with E-state index in [1.807, 2.05) is 13.0 Å². The molecule has 0 saturated heterocycles. The molecule has 0 aliphatic rings. The number of hydrogen-bond acceptors (Lipinski definition) is 4. The Kier molecular flexibility index (Phi) is 2.78. The van der Waals surface area contributed by atoms with Gasteiger partial charge in [0.2, 0.25) is 11.8 Å². The lowest BCUT2D eigenvalue weighted by Gasteiger charge is -2.06. The van der Waals surface area contributed by atoms with Crippen LogP contribution in [0.15, 0.2) is 12.4 Å². The number of aromatic nitrogens is 4. The van der Waals surface area contributed by atoms with Gasteiger partial charge in [0.1, 0.15) is 11.5 Å². The van der Waals surface area contributed by atoms with Gasteiger partial charge in [0.05, 0.1) is 5.69 Å². The number of nitrogens with zero attached hydrogens (tertiary/aromatic N) is 4. The lowest BCUT2D eigenvalue weighted by atomic mass is 10.4. The highest BCUT2D eigenvalue weighted by Gasteiger charge is 2.10. The summed E-state index contributed by atoms with van der Waals surface area (Å²) in [6, 6.07) is 1.83. The summed E-state index contributed by atoms with van der Waals surface area (Å²) in [5.74, 6) is 1.07. The number of ether oxygens (including phenoxy) is 1. The highest BCUT2D eigenvalue weighted by molar-refractivity contribution is 6.30. The lowest BCUT2D eigenvalue weighted by molar-refractivity contribution is 0.411. The average molecular weight is 239 g/mol. The molecule has 0 spiro atoms. The molecule has 0 amide bonds. The fraction of sp³-hybridized carbons (Fsp3) is 0.300. The molecule has 6 heteroatoms. The van der Waals surface area contributed by atoms with Crippen LogP contribution in [-0.4, -0.2) is 19.7 Å². The second-order valence-corrected chi connectivity index (χ2v) is 3.80. The Hall–Kier alpha value is -1.62. The van der Waals surface area contributed by atoms with E-state index >= 15 is 0 Å². The van der Waals surface area contributed by atoms with Crippen molar-refractivity contribution in [3.05, 3.63) is 28.8 Å². The summed E-state index contributed by atoms with van der Waals surface area (Å²) in [6.07, 6.45) is 1.37. The quantitative estimate of drug-likeness (QED) is 0.754. The van der Waals surface area contributed by atoms with Gasteiger partial charge in [-0.15, -0.1) is 0 Å². The highest BCUT2D eigenvalue weighted by Crippen LogP contribution is 2.25. The molecule has 0 aromatic carbocycles. The third-order valence-electron chi connectivity index (χ3n) is 2.14. The van der Waals surface area contributed by atoms with E-state index in [0.29, 0.717) is 22.5 Å². The molecule has 0 bridgehead atoms. The summed E-state index contributed by atoms with van der Waals surface area (Å²) < 4.78 is 7.25. The molecule has 0 saturated carbocycles. The van der Waals surface area contributed by atoms with E-state index in [1.165, 1.54) is 6.33 Å². The van der Waals surface area contributed by atoms with Crippen molar-refractivity contribution in [3.63, 3.8) is 0 Å². The lowest BCUT2D eigenvalue weighted by Crippen LogP contribution is -1.98. The molecule has 2 rings (SSSR count). The Morgan fingerprint density at radius 3 is 2.69 bits per heavy atom. The van der Waals surface area contributed by atoms with Crippen molar-refractivity contribution in [3.8, 4) is 11.8 Å². The predicted octanol–water partition coefficient (Wildman–Crippen LogP) is 2.27. The van der Waals surface area contributed by atoms with Crippen molar-refractivity contribution in [2.75, 3.05) is 0 Å². The summed E-state index contributed by atoms with van der Waals surface area (Å²) in [5, 5.41) is 4.57. The monoisotopic (exact) mass is 238 g/mol. The number of rotatable bonds is 2. The first-order valence-corrected chi connectivity index (χ1v) is 5.11. The molecule has 0 aliphatic heterocycles. The normalized spacial score (nSPS) is 10.5. The summed E-state index contributed by atoms with van der Waals surface area (Å²) in [7, 11) is 1.81. The number of halogens is 1. The molecule has 84 valence electrons. The van der Waals surface area contributed by atoms with Gasteiger partial charge in [0.15, 0.2) is 0 Å². The second-order valence-electron chi connectivity index (χ2n) is 3.44. The minimum atomic E-state index is 0.392. The molecule has 0 atom stereocenters. The standard InChI is InChI=1S/C10H11ClN4O/c1-6-4-8(15(3)14-6)16-10-7(2)9(11)12-5-13-10/h4-5H,1-3H3. The molecule has 2 aromatic heterocycles. The van der Waals surface area contributed by atoms with Crippen molar-refractivity contribution in [1.82, 2.24) is 19.7 Å². The summed E-state index contributed by atoms with van der Waals surface area (Å²) >= 11 is 5.87. The number of aryl methyl sites for hydroxylation is 2. The smallest absolute Gasteiger partial charge is 0.228 e. The summed E-state index contributed by atoms with van der Waals surface area (Å²) in [6.45, 7) is 3.70. The fourth-order valence-corrected chi connectivity index (χ4v) is 1.42. The fourth-order valence-electron chi connectivity index (χ4n) is 1.30. The SMILES string of the molecule is Cc1cc(Oc2ncnc(Cl)c2C)n(C)n1. The maximum Gasteiger partial charge on any atom is 0.228 e. The maximum absolute atomic E-state index is 5.87. The van der Waals surface area contributed by atoms with Gasteiger partial charge in [0, 0.05) is 18.7 Å². The molecular weight excluding hydrogens is 228 g/mol. The molecule has 5 nitrogen and oxygen atoms in total. The van der Waals surface area contributed by atoms with Gasteiger partial charge >= 0.3 is 0 Å². The first-order chi connectivity index (χ1) is 7.58.